The molecule has 6 nitrogen and oxygen atoms in total. The first-order chi connectivity index (χ1) is 12.3. The van der Waals surface area contributed by atoms with Gasteiger partial charge in [-0.15, -0.1) is 0 Å². The Morgan fingerprint density at radius 2 is 2.00 bits per heavy atom. The van der Waals surface area contributed by atoms with E-state index in [1.807, 2.05) is 48.5 Å². The number of benzene rings is 2. The Morgan fingerprint density at radius 3 is 2.76 bits per heavy atom. The van der Waals surface area contributed by atoms with Crippen molar-refractivity contribution in [3.8, 4) is 0 Å². The summed E-state index contributed by atoms with van der Waals surface area (Å²) in [5, 5.41) is 10.9. The Hall–Kier alpha value is -2.71. The van der Waals surface area contributed by atoms with Crippen LogP contribution in [-0.4, -0.2) is 26.1 Å². The van der Waals surface area contributed by atoms with Crippen LogP contribution >= 0.6 is 23.1 Å². The molecule has 2 heterocycles. The summed E-state index contributed by atoms with van der Waals surface area (Å²) in [6, 6.07) is 15.3. The van der Waals surface area contributed by atoms with Crippen LogP contribution in [0.25, 0.3) is 10.2 Å². The molecule has 0 aliphatic rings. The van der Waals surface area contributed by atoms with Gasteiger partial charge in [0, 0.05) is 11.3 Å². The Labute approximate surface area is 151 Å². The van der Waals surface area contributed by atoms with Gasteiger partial charge in [-0.1, -0.05) is 47.4 Å². The summed E-state index contributed by atoms with van der Waals surface area (Å²) in [6.07, 6.45) is 1.48. The maximum absolute atomic E-state index is 12.4. The molecule has 2 aromatic carbocycles. The summed E-state index contributed by atoms with van der Waals surface area (Å²) in [7, 11) is 0. The molecule has 0 fully saturated rings. The largest absolute Gasteiger partial charge is 0.298 e. The normalized spacial score (nSPS) is 10.9. The molecule has 1 amide bonds. The van der Waals surface area contributed by atoms with Crippen molar-refractivity contribution in [1.29, 1.82) is 0 Å². The molecule has 2 aromatic heterocycles. The lowest BCUT2D eigenvalue weighted by Gasteiger charge is -2.03. The van der Waals surface area contributed by atoms with Gasteiger partial charge in [0.05, 0.1) is 10.2 Å². The molecule has 25 heavy (non-hydrogen) atoms. The van der Waals surface area contributed by atoms with Gasteiger partial charge in [-0.3, -0.25) is 15.2 Å². The van der Waals surface area contributed by atoms with Gasteiger partial charge in [0.15, 0.2) is 10.3 Å². The van der Waals surface area contributed by atoms with Gasteiger partial charge in [0.25, 0.3) is 5.91 Å². The van der Waals surface area contributed by atoms with Gasteiger partial charge in [-0.25, -0.2) is 9.97 Å². The number of hydrogen-bond donors (Lipinski definition) is 2. The van der Waals surface area contributed by atoms with Crippen molar-refractivity contribution in [2.75, 3.05) is 5.32 Å². The number of hydrogen-bond acceptors (Lipinski definition) is 6. The lowest BCUT2D eigenvalue weighted by molar-refractivity contribution is 0.102. The summed E-state index contributed by atoms with van der Waals surface area (Å²) in [5.41, 5.74) is 2.60. The molecule has 0 saturated heterocycles. The number of para-hydroxylation sites is 1. The number of thioether (sulfide) groups is 1. The van der Waals surface area contributed by atoms with Crippen molar-refractivity contribution < 1.29 is 4.79 Å². The van der Waals surface area contributed by atoms with Crippen LogP contribution in [0.3, 0.4) is 0 Å². The third-order valence-corrected chi connectivity index (χ3v) is 5.40. The van der Waals surface area contributed by atoms with Gasteiger partial charge in [0.2, 0.25) is 0 Å². The van der Waals surface area contributed by atoms with Gasteiger partial charge >= 0.3 is 0 Å². The number of nitrogens with one attached hydrogen (secondary N) is 2. The number of aromatic amines is 1. The number of H-pyrrole nitrogens is 1. The molecule has 0 radical (unpaired) electrons. The highest BCUT2D eigenvalue weighted by molar-refractivity contribution is 7.98. The highest BCUT2D eigenvalue weighted by Gasteiger charge is 2.10. The van der Waals surface area contributed by atoms with Crippen molar-refractivity contribution in [3.05, 3.63) is 66.0 Å². The topological polar surface area (TPSA) is 83.6 Å². The molecule has 124 valence electrons. The second-order valence-electron chi connectivity index (χ2n) is 5.22. The van der Waals surface area contributed by atoms with E-state index in [0.29, 0.717) is 10.7 Å². The van der Waals surface area contributed by atoms with Crippen LogP contribution in [0.15, 0.2) is 60.0 Å². The fourth-order valence-corrected chi connectivity index (χ4v) is 3.86. The number of nitrogens with zero attached hydrogens (tertiary/aromatic N) is 3. The van der Waals surface area contributed by atoms with Crippen LogP contribution in [0.1, 0.15) is 15.9 Å². The number of fused-ring (bicyclic) bond motifs is 1. The van der Waals surface area contributed by atoms with E-state index < -0.39 is 0 Å². The summed E-state index contributed by atoms with van der Waals surface area (Å²) >= 11 is 3.03. The molecule has 0 spiro atoms. The number of rotatable bonds is 5. The number of carbonyl (C=O) groups is 1. The summed E-state index contributed by atoms with van der Waals surface area (Å²) in [6.45, 7) is 0. The zero-order valence-corrected chi connectivity index (χ0v) is 14.6. The highest BCUT2D eigenvalue weighted by atomic mass is 32.2. The third-order valence-electron chi connectivity index (χ3n) is 3.50. The number of thiazole rings is 1. The average Bonchev–Trinajstić information content (AvgIpc) is 3.29. The molecule has 0 atom stereocenters. The quantitative estimate of drug-likeness (QED) is 0.522. The Balaban J connectivity index is 1.41. The lowest BCUT2D eigenvalue weighted by Crippen LogP contribution is -2.11. The van der Waals surface area contributed by atoms with E-state index in [4.69, 9.17) is 0 Å². The predicted octanol–water partition coefficient (Wildman–Crippen LogP) is 3.96. The number of anilines is 1. The van der Waals surface area contributed by atoms with Crippen LogP contribution in [-0.2, 0) is 5.75 Å². The van der Waals surface area contributed by atoms with Crippen molar-refractivity contribution in [3.63, 3.8) is 0 Å². The standard InChI is InChI=1S/C17H13N5OS2/c23-15(21-17-20-13-3-1-2-4-14(13)25-17)12-7-5-11(6-8-12)9-24-16-18-10-19-22-16/h1-8,10H,9H2,(H,18,19,22)(H,20,21,23). The van der Waals surface area contributed by atoms with Crippen LogP contribution in [0.4, 0.5) is 5.13 Å². The maximum atomic E-state index is 12.4. The molecule has 0 bridgehead atoms. The van der Waals surface area contributed by atoms with Crippen LogP contribution in [0.5, 0.6) is 0 Å². The minimum absolute atomic E-state index is 0.159. The second-order valence-corrected chi connectivity index (χ2v) is 7.21. The highest BCUT2D eigenvalue weighted by Crippen LogP contribution is 2.26. The SMILES string of the molecule is O=C(Nc1nc2ccccc2s1)c1ccc(CSc2ncn[nH]2)cc1. The molecule has 4 aromatic rings. The van der Waals surface area contributed by atoms with Crippen molar-refractivity contribution >= 4 is 44.4 Å². The second kappa shape index (κ2) is 7.04. The van der Waals surface area contributed by atoms with E-state index in [0.717, 1.165) is 26.7 Å². The Kier molecular flexibility index (Phi) is 4.45. The number of aromatic nitrogens is 4. The lowest BCUT2D eigenvalue weighted by atomic mass is 10.1. The Bertz CT molecular complexity index is 963. The minimum atomic E-state index is -0.159. The fourth-order valence-electron chi connectivity index (χ4n) is 2.26. The number of amides is 1. The summed E-state index contributed by atoms with van der Waals surface area (Å²) < 4.78 is 1.05. The molecule has 2 N–H and O–H groups in total. The summed E-state index contributed by atoms with van der Waals surface area (Å²) in [5.74, 6) is 0.600. The van der Waals surface area contributed by atoms with Crippen LogP contribution in [0, 0.1) is 0 Å². The van der Waals surface area contributed by atoms with E-state index >= 15 is 0 Å². The zero-order valence-electron chi connectivity index (χ0n) is 13.0. The summed E-state index contributed by atoms with van der Waals surface area (Å²) in [4.78, 5) is 20.9. The van der Waals surface area contributed by atoms with E-state index in [2.05, 4.69) is 25.5 Å². The van der Waals surface area contributed by atoms with Gasteiger partial charge in [-0.2, -0.15) is 5.10 Å². The van der Waals surface area contributed by atoms with E-state index in [1.54, 1.807) is 11.8 Å². The first kappa shape index (κ1) is 15.8. The molecule has 0 saturated carbocycles. The molecule has 0 unspecified atom stereocenters. The predicted molar refractivity (Wildman–Crippen MR) is 100.0 cm³/mol. The van der Waals surface area contributed by atoms with Gasteiger partial charge in [-0.05, 0) is 29.8 Å². The smallest absolute Gasteiger partial charge is 0.257 e. The zero-order chi connectivity index (χ0) is 17.1. The third kappa shape index (κ3) is 3.70. The van der Waals surface area contributed by atoms with E-state index in [1.165, 1.54) is 17.7 Å². The van der Waals surface area contributed by atoms with Crippen molar-refractivity contribution in [1.82, 2.24) is 20.2 Å². The van der Waals surface area contributed by atoms with E-state index in [-0.39, 0.29) is 5.91 Å². The Morgan fingerprint density at radius 1 is 1.16 bits per heavy atom. The molecule has 0 aliphatic carbocycles. The molecular formula is C17H13N5OS2. The molecule has 8 heteroatoms. The minimum Gasteiger partial charge on any atom is -0.298 e. The maximum Gasteiger partial charge on any atom is 0.257 e. The molecular weight excluding hydrogens is 354 g/mol. The fraction of sp³-hybridized carbons (Fsp3) is 0.0588. The van der Waals surface area contributed by atoms with Crippen molar-refractivity contribution in [2.45, 2.75) is 10.9 Å². The average molecular weight is 367 g/mol. The van der Waals surface area contributed by atoms with Crippen LogP contribution < -0.4 is 5.32 Å². The van der Waals surface area contributed by atoms with Gasteiger partial charge < -0.3 is 0 Å². The van der Waals surface area contributed by atoms with E-state index in [9.17, 15) is 4.79 Å². The first-order valence-corrected chi connectivity index (χ1v) is 9.32. The van der Waals surface area contributed by atoms with Crippen LogP contribution in [0.2, 0.25) is 0 Å². The first-order valence-electron chi connectivity index (χ1n) is 7.52. The van der Waals surface area contributed by atoms with Gasteiger partial charge in [0.1, 0.15) is 6.33 Å². The monoisotopic (exact) mass is 367 g/mol. The molecule has 4 rings (SSSR count). The van der Waals surface area contributed by atoms with Crippen molar-refractivity contribution in [2.24, 2.45) is 0 Å². The number of carbonyl (C=O) groups excluding carboxylic acids is 1. The molecule has 0 aliphatic heterocycles.